The Bertz CT molecular complexity index is 473. The van der Waals surface area contributed by atoms with Crippen molar-refractivity contribution in [3.8, 4) is 5.75 Å². The molecule has 0 aliphatic carbocycles. The summed E-state index contributed by atoms with van der Waals surface area (Å²) in [4.78, 5) is 11.2. The Balaban J connectivity index is 2.73. The van der Waals surface area contributed by atoms with Gasteiger partial charge in [-0.3, -0.25) is 0 Å². The molecule has 0 saturated heterocycles. The molecule has 0 amide bonds. The van der Waals surface area contributed by atoms with Gasteiger partial charge in [0.05, 0.1) is 7.11 Å². The van der Waals surface area contributed by atoms with E-state index in [9.17, 15) is 4.79 Å². The van der Waals surface area contributed by atoms with Gasteiger partial charge in [0.15, 0.2) is 0 Å². The first-order valence-corrected chi connectivity index (χ1v) is 5.91. The molecule has 3 heteroatoms. The third-order valence-electron chi connectivity index (χ3n) is 2.90. The van der Waals surface area contributed by atoms with Crippen LogP contribution in [0.3, 0.4) is 0 Å². The van der Waals surface area contributed by atoms with Crippen LogP contribution in [0.5, 0.6) is 5.75 Å². The maximum Gasteiger partial charge on any atom is 0.333 e. The first kappa shape index (κ1) is 14.3. The Hall–Kier alpha value is -1.77. The SMILES string of the molecule is COC(=O)C(C)=CCOc1cc(C)cc(C)c1C. The number of rotatable bonds is 4. The molecule has 0 atom stereocenters. The van der Waals surface area contributed by atoms with Gasteiger partial charge < -0.3 is 9.47 Å². The lowest BCUT2D eigenvalue weighted by Gasteiger charge is -2.11. The van der Waals surface area contributed by atoms with Crippen molar-refractivity contribution in [1.29, 1.82) is 0 Å². The summed E-state index contributed by atoms with van der Waals surface area (Å²) in [7, 11) is 1.37. The van der Waals surface area contributed by atoms with Crippen LogP contribution in [-0.4, -0.2) is 19.7 Å². The normalized spacial score (nSPS) is 11.3. The molecular weight excluding hydrogens is 228 g/mol. The fourth-order valence-electron chi connectivity index (χ4n) is 1.65. The summed E-state index contributed by atoms with van der Waals surface area (Å²) in [5.74, 6) is 0.539. The molecule has 0 heterocycles. The molecule has 18 heavy (non-hydrogen) atoms. The van der Waals surface area contributed by atoms with Gasteiger partial charge in [-0.15, -0.1) is 0 Å². The minimum absolute atomic E-state index is 0.323. The quantitative estimate of drug-likeness (QED) is 0.606. The Morgan fingerprint density at radius 2 is 1.94 bits per heavy atom. The summed E-state index contributed by atoms with van der Waals surface area (Å²) >= 11 is 0. The lowest BCUT2D eigenvalue weighted by molar-refractivity contribution is -0.136. The maximum absolute atomic E-state index is 11.2. The molecule has 0 spiro atoms. The van der Waals surface area contributed by atoms with E-state index in [1.54, 1.807) is 13.0 Å². The highest BCUT2D eigenvalue weighted by molar-refractivity contribution is 5.87. The monoisotopic (exact) mass is 248 g/mol. The van der Waals surface area contributed by atoms with Gasteiger partial charge in [0.1, 0.15) is 12.4 Å². The molecule has 0 saturated carbocycles. The second-order valence-corrected chi connectivity index (χ2v) is 4.39. The zero-order valence-electron chi connectivity index (χ0n) is 11.7. The molecule has 0 radical (unpaired) electrons. The van der Waals surface area contributed by atoms with E-state index in [1.165, 1.54) is 18.2 Å². The van der Waals surface area contributed by atoms with Gasteiger partial charge in [0.25, 0.3) is 0 Å². The molecule has 0 aliphatic rings. The van der Waals surface area contributed by atoms with E-state index in [2.05, 4.69) is 17.7 Å². The maximum atomic E-state index is 11.2. The van der Waals surface area contributed by atoms with Crippen molar-refractivity contribution in [2.75, 3.05) is 13.7 Å². The van der Waals surface area contributed by atoms with Crippen LogP contribution < -0.4 is 4.74 Å². The first-order valence-electron chi connectivity index (χ1n) is 5.91. The molecular formula is C15H20O3. The van der Waals surface area contributed by atoms with E-state index in [0.717, 1.165) is 11.3 Å². The second-order valence-electron chi connectivity index (χ2n) is 4.39. The number of methoxy groups -OCH3 is 1. The number of aryl methyl sites for hydroxylation is 2. The van der Waals surface area contributed by atoms with Crippen molar-refractivity contribution < 1.29 is 14.3 Å². The highest BCUT2D eigenvalue weighted by atomic mass is 16.5. The number of hydrogen-bond donors (Lipinski definition) is 0. The van der Waals surface area contributed by atoms with E-state index >= 15 is 0 Å². The third kappa shape index (κ3) is 3.62. The van der Waals surface area contributed by atoms with E-state index < -0.39 is 0 Å². The topological polar surface area (TPSA) is 35.5 Å². The lowest BCUT2D eigenvalue weighted by atomic mass is 10.1. The van der Waals surface area contributed by atoms with Crippen molar-refractivity contribution in [2.45, 2.75) is 27.7 Å². The lowest BCUT2D eigenvalue weighted by Crippen LogP contribution is -2.04. The van der Waals surface area contributed by atoms with Crippen LogP contribution >= 0.6 is 0 Å². The minimum atomic E-state index is -0.323. The fourth-order valence-corrected chi connectivity index (χ4v) is 1.65. The van der Waals surface area contributed by atoms with Gasteiger partial charge in [-0.2, -0.15) is 0 Å². The fraction of sp³-hybridized carbons (Fsp3) is 0.400. The van der Waals surface area contributed by atoms with E-state index in [-0.39, 0.29) is 5.97 Å². The number of esters is 1. The van der Waals surface area contributed by atoms with Gasteiger partial charge in [-0.1, -0.05) is 6.07 Å². The molecule has 0 N–H and O–H groups in total. The summed E-state index contributed by atoms with van der Waals surface area (Å²) in [5, 5.41) is 0. The van der Waals surface area contributed by atoms with Crippen molar-refractivity contribution >= 4 is 5.97 Å². The molecule has 0 aliphatic heterocycles. The number of ether oxygens (including phenoxy) is 2. The average Bonchev–Trinajstić information content (AvgIpc) is 2.33. The Kier molecular flexibility index (Phi) is 4.95. The molecule has 0 fully saturated rings. The standard InChI is InChI=1S/C15H20O3/c1-10-8-12(3)13(4)14(9-10)18-7-6-11(2)15(16)17-5/h6,8-9H,7H2,1-5H3. The van der Waals surface area contributed by atoms with Gasteiger partial charge in [0, 0.05) is 5.57 Å². The average molecular weight is 248 g/mol. The third-order valence-corrected chi connectivity index (χ3v) is 2.90. The van der Waals surface area contributed by atoms with E-state index in [4.69, 9.17) is 4.74 Å². The Labute approximate surface area is 108 Å². The predicted octanol–water partition coefficient (Wildman–Crippen LogP) is 3.11. The largest absolute Gasteiger partial charge is 0.489 e. The number of hydrogen-bond acceptors (Lipinski definition) is 3. The van der Waals surface area contributed by atoms with Crippen LogP contribution in [0, 0.1) is 20.8 Å². The summed E-state index contributed by atoms with van der Waals surface area (Å²) in [6.07, 6.45) is 1.73. The van der Waals surface area contributed by atoms with Crippen LogP contribution in [0.2, 0.25) is 0 Å². The summed E-state index contributed by atoms with van der Waals surface area (Å²) in [5.41, 5.74) is 4.06. The number of benzene rings is 1. The molecule has 0 unspecified atom stereocenters. The molecule has 0 aromatic heterocycles. The van der Waals surface area contributed by atoms with Crippen molar-refractivity contribution in [3.05, 3.63) is 40.5 Å². The van der Waals surface area contributed by atoms with E-state index in [1.807, 2.05) is 19.9 Å². The Morgan fingerprint density at radius 1 is 1.28 bits per heavy atom. The van der Waals surface area contributed by atoms with Crippen molar-refractivity contribution in [2.24, 2.45) is 0 Å². The molecule has 3 nitrogen and oxygen atoms in total. The van der Waals surface area contributed by atoms with Gasteiger partial charge in [-0.25, -0.2) is 4.79 Å². The van der Waals surface area contributed by atoms with Crippen LogP contribution in [0.1, 0.15) is 23.6 Å². The van der Waals surface area contributed by atoms with E-state index in [0.29, 0.717) is 12.2 Å². The zero-order chi connectivity index (χ0) is 13.7. The van der Waals surface area contributed by atoms with Gasteiger partial charge in [0.2, 0.25) is 0 Å². The summed E-state index contributed by atoms with van der Waals surface area (Å²) < 4.78 is 10.3. The highest BCUT2D eigenvalue weighted by Gasteiger charge is 2.05. The van der Waals surface area contributed by atoms with Gasteiger partial charge in [-0.05, 0) is 56.5 Å². The minimum Gasteiger partial charge on any atom is -0.489 e. The van der Waals surface area contributed by atoms with Gasteiger partial charge >= 0.3 is 5.97 Å². The van der Waals surface area contributed by atoms with Crippen LogP contribution in [0.15, 0.2) is 23.8 Å². The molecule has 1 aromatic rings. The second kappa shape index (κ2) is 6.24. The molecule has 98 valence electrons. The molecule has 1 aromatic carbocycles. The van der Waals surface area contributed by atoms with Crippen molar-refractivity contribution in [3.63, 3.8) is 0 Å². The Morgan fingerprint density at radius 3 is 2.56 bits per heavy atom. The number of carbonyl (C=O) groups is 1. The molecule has 1 rings (SSSR count). The first-order chi connectivity index (χ1) is 8.45. The van der Waals surface area contributed by atoms with Crippen LogP contribution in [0.4, 0.5) is 0 Å². The van der Waals surface area contributed by atoms with Crippen LogP contribution in [-0.2, 0) is 9.53 Å². The summed E-state index contributed by atoms with van der Waals surface area (Å²) in [6, 6.07) is 4.13. The molecule has 0 bridgehead atoms. The summed E-state index contributed by atoms with van der Waals surface area (Å²) in [6.45, 7) is 8.20. The zero-order valence-corrected chi connectivity index (χ0v) is 11.7. The number of carbonyl (C=O) groups excluding carboxylic acids is 1. The van der Waals surface area contributed by atoms with Crippen LogP contribution in [0.25, 0.3) is 0 Å². The smallest absolute Gasteiger partial charge is 0.333 e. The van der Waals surface area contributed by atoms with Crippen molar-refractivity contribution in [1.82, 2.24) is 0 Å². The highest BCUT2D eigenvalue weighted by Crippen LogP contribution is 2.23. The predicted molar refractivity (Wildman–Crippen MR) is 71.9 cm³/mol.